The third-order valence-corrected chi connectivity index (χ3v) is 7.92. The molecule has 2 amide bonds. The van der Waals surface area contributed by atoms with E-state index in [0.717, 1.165) is 41.5 Å². The second-order valence-corrected chi connectivity index (χ2v) is 10.0. The molecular weight excluding hydrogens is 432 g/mol. The van der Waals surface area contributed by atoms with Crippen LogP contribution in [-0.4, -0.2) is 41.8 Å². The molecule has 3 aliphatic rings. The molecule has 2 saturated carbocycles. The summed E-state index contributed by atoms with van der Waals surface area (Å²) in [6, 6.07) is 16.2. The zero-order valence-corrected chi connectivity index (χ0v) is 19.3. The van der Waals surface area contributed by atoms with E-state index in [1.807, 2.05) is 24.3 Å². The fourth-order valence-electron chi connectivity index (χ4n) is 5.35. The molecule has 7 heteroatoms. The lowest BCUT2D eigenvalue weighted by atomic mass is 9.68. The van der Waals surface area contributed by atoms with E-state index >= 15 is 0 Å². The molecule has 5 rings (SSSR count). The maximum Gasteiger partial charge on any atom is 0.408 e. The Bertz CT molecular complexity index is 1090. The number of amides is 2. The number of alkyl carbamates (subject to hydrolysis) is 1. The number of benzene rings is 2. The molecule has 1 unspecified atom stereocenters. The van der Waals surface area contributed by atoms with E-state index in [4.69, 9.17) is 4.74 Å². The molecule has 3 N–H and O–H groups in total. The van der Waals surface area contributed by atoms with Gasteiger partial charge in [0.1, 0.15) is 12.1 Å². The molecule has 0 aliphatic heterocycles. The molecule has 0 saturated heterocycles. The van der Waals surface area contributed by atoms with Crippen molar-refractivity contribution in [3.63, 3.8) is 0 Å². The Labute approximate surface area is 198 Å². The second-order valence-electron chi connectivity index (χ2n) is 10.0. The van der Waals surface area contributed by atoms with Crippen molar-refractivity contribution in [2.45, 2.75) is 50.5 Å². The van der Waals surface area contributed by atoms with Crippen LogP contribution in [0.2, 0.25) is 0 Å². The Balaban J connectivity index is 1.24. The maximum atomic E-state index is 13.1. The Morgan fingerprint density at radius 2 is 1.62 bits per heavy atom. The number of carbonyl (C=O) groups is 3. The predicted molar refractivity (Wildman–Crippen MR) is 126 cm³/mol. The molecule has 2 aromatic rings. The summed E-state index contributed by atoms with van der Waals surface area (Å²) in [6.45, 7) is 1.95. The minimum atomic E-state index is -1.13. The van der Waals surface area contributed by atoms with Gasteiger partial charge in [-0.2, -0.15) is 0 Å². The summed E-state index contributed by atoms with van der Waals surface area (Å²) in [6.07, 6.45) is 2.99. The number of carbonyl (C=O) groups excluding carboxylic acids is 2. The van der Waals surface area contributed by atoms with Crippen LogP contribution in [0.5, 0.6) is 0 Å². The van der Waals surface area contributed by atoms with Gasteiger partial charge < -0.3 is 20.5 Å². The maximum absolute atomic E-state index is 13.1. The highest BCUT2D eigenvalue weighted by Gasteiger charge is 2.50. The summed E-state index contributed by atoms with van der Waals surface area (Å²) < 4.78 is 5.66. The van der Waals surface area contributed by atoms with Crippen molar-refractivity contribution in [3.05, 3.63) is 59.7 Å². The summed E-state index contributed by atoms with van der Waals surface area (Å²) in [5, 5.41) is 15.2. The largest absolute Gasteiger partial charge is 0.481 e. The molecule has 1 atom stereocenters. The lowest BCUT2D eigenvalue weighted by Gasteiger charge is -2.39. The van der Waals surface area contributed by atoms with Crippen molar-refractivity contribution in [3.8, 4) is 11.1 Å². The molecule has 3 aliphatic carbocycles. The molecule has 178 valence electrons. The van der Waals surface area contributed by atoms with E-state index in [0.29, 0.717) is 12.8 Å². The number of aliphatic carboxylic acids is 1. The zero-order valence-electron chi connectivity index (χ0n) is 19.3. The lowest BCUT2D eigenvalue weighted by molar-refractivity contribution is -0.154. The number of carboxylic acids is 1. The zero-order chi connectivity index (χ0) is 23.9. The van der Waals surface area contributed by atoms with Crippen molar-refractivity contribution >= 4 is 18.0 Å². The summed E-state index contributed by atoms with van der Waals surface area (Å²) in [5.41, 5.74) is 2.53. The summed E-state index contributed by atoms with van der Waals surface area (Å²) in [4.78, 5) is 37.6. The highest BCUT2D eigenvalue weighted by atomic mass is 16.5. The van der Waals surface area contributed by atoms with Crippen LogP contribution >= 0.6 is 0 Å². The molecule has 0 aromatic heterocycles. The first-order chi connectivity index (χ1) is 16.3. The second kappa shape index (κ2) is 8.46. The average molecular weight is 463 g/mol. The van der Waals surface area contributed by atoms with Crippen molar-refractivity contribution in [2.75, 3.05) is 13.2 Å². The molecule has 7 nitrogen and oxygen atoms in total. The predicted octanol–water partition coefficient (Wildman–Crippen LogP) is 4.06. The minimum absolute atomic E-state index is 0.00940. The number of carboxylic acid groups (broad SMARTS) is 1. The average Bonchev–Trinajstić information content (AvgIpc) is 3.60. The Morgan fingerprint density at radius 3 is 2.12 bits per heavy atom. The first-order valence-electron chi connectivity index (χ1n) is 12.0. The number of hydrogen-bond donors (Lipinski definition) is 3. The number of rotatable bonds is 8. The minimum Gasteiger partial charge on any atom is -0.481 e. The number of nitrogens with one attached hydrogen (secondary N) is 2. The molecule has 2 fully saturated rings. The first-order valence-corrected chi connectivity index (χ1v) is 12.0. The van der Waals surface area contributed by atoms with Crippen molar-refractivity contribution in [1.82, 2.24) is 10.6 Å². The number of hydrogen-bond acceptors (Lipinski definition) is 4. The Kier molecular flexibility index (Phi) is 5.58. The van der Waals surface area contributed by atoms with E-state index in [9.17, 15) is 19.5 Å². The molecule has 0 heterocycles. The molecule has 34 heavy (non-hydrogen) atoms. The summed E-state index contributed by atoms with van der Waals surface area (Å²) in [7, 11) is 0. The van der Waals surface area contributed by atoms with E-state index < -0.39 is 23.0 Å². The van der Waals surface area contributed by atoms with Crippen LogP contribution in [0.25, 0.3) is 11.1 Å². The normalized spacial score (nSPS) is 19.7. The van der Waals surface area contributed by atoms with Crippen molar-refractivity contribution in [2.24, 2.45) is 11.3 Å². The van der Waals surface area contributed by atoms with Gasteiger partial charge in [0.05, 0.1) is 5.41 Å². The quantitative estimate of drug-likeness (QED) is 0.549. The van der Waals surface area contributed by atoms with Gasteiger partial charge in [-0.15, -0.1) is 0 Å². The topological polar surface area (TPSA) is 105 Å². The van der Waals surface area contributed by atoms with Crippen molar-refractivity contribution in [1.29, 1.82) is 0 Å². The van der Waals surface area contributed by atoms with Crippen LogP contribution in [0.15, 0.2) is 48.5 Å². The Hall–Kier alpha value is -3.35. The molecule has 0 bridgehead atoms. The number of fused-ring (bicyclic) bond motifs is 3. The van der Waals surface area contributed by atoms with E-state index in [-0.39, 0.29) is 30.9 Å². The number of ether oxygens (including phenoxy) is 1. The molecule has 2 aromatic carbocycles. The summed E-state index contributed by atoms with van der Waals surface area (Å²) in [5.74, 6) is -1.28. The Morgan fingerprint density at radius 1 is 1.03 bits per heavy atom. The molecule has 0 spiro atoms. The monoisotopic (exact) mass is 462 g/mol. The van der Waals surface area contributed by atoms with Crippen LogP contribution in [0.1, 0.15) is 56.1 Å². The van der Waals surface area contributed by atoms with E-state index in [1.54, 1.807) is 6.92 Å². The van der Waals surface area contributed by atoms with Crippen LogP contribution in [0.4, 0.5) is 4.79 Å². The van der Waals surface area contributed by atoms with Gasteiger partial charge in [-0.05, 0) is 60.8 Å². The van der Waals surface area contributed by atoms with Crippen LogP contribution in [0, 0.1) is 11.3 Å². The third kappa shape index (κ3) is 3.83. The van der Waals surface area contributed by atoms with Gasteiger partial charge in [-0.1, -0.05) is 55.0 Å². The van der Waals surface area contributed by atoms with Gasteiger partial charge in [0.15, 0.2) is 0 Å². The SMILES string of the molecule is CC(NC(=O)OCC1c2ccccc2-c2ccccc21)(C(=O)NCC1(C(=O)O)CCC1)C1CC1. The third-order valence-electron chi connectivity index (χ3n) is 7.92. The van der Waals surface area contributed by atoms with Gasteiger partial charge >= 0.3 is 12.1 Å². The highest BCUT2D eigenvalue weighted by molar-refractivity contribution is 5.91. The van der Waals surface area contributed by atoms with Crippen LogP contribution in [-0.2, 0) is 14.3 Å². The van der Waals surface area contributed by atoms with E-state index in [2.05, 4.69) is 34.9 Å². The summed E-state index contributed by atoms with van der Waals surface area (Å²) >= 11 is 0. The van der Waals surface area contributed by atoms with Gasteiger partial charge in [-0.3, -0.25) is 9.59 Å². The van der Waals surface area contributed by atoms with Gasteiger partial charge in [0, 0.05) is 12.5 Å². The molecular formula is C27H30N2O5. The lowest BCUT2D eigenvalue weighted by Crippen LogP contribution is -2.60. The highest BCUT2D eigenvalue weighted by Crippen LogP contribution is 2.45. The van der Waals surface area contributed by atoms with Crippen LogP contribution < -0.4 is 10.6 Å². The standard InChI is InChI=1S/C27H30N2O5/c1-26(17-11-12-17,23(30)28-16-27(24(31)32)13-6-14-27)29-25(33)34-15-22-20-9-4-2-7-18(20)19-8-3-5-10-21(19)22/h2-5,7-10,17,22H,6,11-16H2,1H3,(H,28,30)(H,29,33)(H,31,32). The first kappa shape index (κ1) is 22.4. The fraction of sp³-hybridized carbons (Fsp3) is 0.444. The van der Waals surface area contributed by atoms with Gasteiger partial charge in [0.2, 0.25) is 5.91 Å². The van der Waals surface area contributed by atoms with Crippen LogP contribution in [0.3, 0.4) is 0 Å². The van der Waals surface area contributed by atoms with Crippen molar-refractivity contribution < 1.29 is 24.2 Å². The molecule has 0 radical (unpaired) electrons. The van der Waals surface area contributed by atoms with Gasteiger partial charge in [-0.25, -0.2) is 4.79 Å². The fourth-order valence-corrected chi connectivity index (χ4v) is 5.35. The van der Waals surface area contributed by atoms with E-state index in [1.165, 1.54) is 0 Å². The van der Waals surface area contributed by atoms with Gasteiger partial charge in [0.25, 0.3) is 0 Å². The smallest absolute Gasteiger partial charge is 0.408 e.